The molecule has 0 radical (unpaired) electrons. The van der Waals surface area contributed by atoms with Crippen LogP contribution >= 0.6 is 0 Å². The minimum absolute atomic E-state index is 0.201. The number of nitrogens with two attached hydrogens (primary N) is 1. The van der Waals surface area contributed by atoms with Crippen molar-refractivity contribution in [3.05, 3.63) is 0 Å². The first-order chi connectivity index (χ1) is 5.42. The van der Waals surface area contributed by atoms with Crippen LogP contribution in [0.1, 0.15) is 6.92 Å². The summed E-state index contributed by atoms with van der Waals surface area (Å²) in [4.78, 5) is 10.3. The van der Waals surface area contributed by atoms with Crippen molar-refractivity contribution in [2.45, 2.75) is 6.92 Å². The highest BCUT2D eigenvalue weighted by Crippen LogP contribution is 1.88. The number of nitrogens with zero attached hydrogens (tertiary/aromatic N) is 1. The molecule has 4 heteroatoms. The Hall–Kier alpha value is -0.610. The van der Waals surface area contributed by atoms with E-state index in [1.165, 1.54) is 14.0 Å². The lowest BCUT2D eigenvalue weighted by Crippen LogP contribution is -2.37. The van der Waals surface area contributed by atoms with Crippen molar-refractivity contribution in [3.8, 4) is 0 Å². The summed E-state index contributed by atoms with van der Waals surface area (Å²) in [7, 11) is 7.68. The molecule has 12 heavy (non-hydrogen) atoms. The zero-order chi connectivity index (χ0) is 10.2. The fourth-order valence-electron chi connectivity index (χ4n) is 0.463. The van der Waals surface area contributed by atoms with Crippen LogP contribution in [0.5, 0.6) is 0 Å². The first-order valence-corrected chi connectivity index (χ1v) is 3.93. The Balaban J connectivity index is 0. The maximum atomic E-state index is 10.3. The van der Waals surface area contributed by atoms with Crippen molar-refractivity contribution in [3.63, 3.8) is 0 Å². The van der Waals surface area contributed by atoms with E-state index >= 15 is 0 Å². The van der Waals surface area contributed by atoms with Gasteiger partial charge in [0.25, 0.3) is 0 Å². The minimum Gasteiger partial charge on any atom is -0.460 e. The summed E-state index contributed by atoms with van der Waals surface area (Å²) in [6.45, 7) is 2.80. The van der Waals surface area contributed by atoms with E-state index in [0.29, 0.717) is 6.61 Å². The molecule has 0 saturated heterocycles. The van der Waals surface area contributed by atoms with Crippen molar-refractivity contribution in [1.82, 2.24) is 0 Å². The summed E-state index contributed by atoms with van der Waals surface area (Å²) in [5.41, 5.74) is 4.50. The molecule has 0 heterocycles. The van der Waals surface area contributed by atoms with Crippen LogP contribution in [0.15, 0.2) is 0 Å². The number of esters is 1. The van der Waals surface area contributed by atoms with E-state index in [4.69, 9.17) is 4.74 Å². The van der Waals surface area contributed by atoms with Crippen molar-refractivity contribution < 1.29 is 14.0 Å². The van der Waals surface area contributed by atoms with E-state index in [2.05, 4.69) is 26.9 Å². The van der Waals surface area contributed by atoms with E-state index < -0.39 is 0 Å². The third-order valence-corrected chi connectivity index (χ3v) is 1.07. The second-order valence-corrected chi connectivity index (χ2v) is 3.35. The molecule has 0 saturated carbocycles. The van der Waals surface area contributed by atoms with Crippen LogP contribution in [-0.2, 0) is 9.53 Å². The molecule has 0 bridgehead atoms. The summed E-state index contributed by atoms with van der Waals surface area (Å²) in [5.74, 6) is -0.201. The van der Waals surface area contributed by atoms with Crippen molar-refractivity contribution >= 4 is 5.97 Å². The zero-order valence-electron chi connectivity index (χ0n) is 8.76. The van der Waals surface area contributed by atoms with Crippen LogP contribution in [0, 0.1) is 0 Å². The molecule has 0 aromatic rings. The second-order valence-electron chi connectivity index (χ2n) is 3.35. The third-order valence-electron chi connectivity index (χ3n) is 1.07. The first kappa shape index (κ1) is 13.9. The maximum absolute atomic E-state index is 10.3. The summed E-state index contributed by atoms with van der Waals surface area (Å²) >= 11 is 0. The monoisotopic (exact) mass is 177 g/mol. The van der Waals surface area contributed by atoms with Gasteiger partial charge in [0.2, 0.25) is 0 Å². The molecule has 0 aliphatic carbocycles. The SMILES string of the molecule is CC(=O)OCC[N+](C)(C)C.CN. The molecular formula is C8H21N2O2+. The molecule has 2 N–H and O–H groups in total. The normalized spacial score (nSPS) is 9.83. The van der Waals surface area contributed by atoms with Gasteiger partial charge in [-0.25, -0.2) is 0 Å². The Morgan fingerprint density at radius 1 is 1.33 bits per heavy atom. The van der Waals surface area contributed by atoms with Gasteiger partial charge in [-0.15, -0.1) is 0 Å². The van der Waals surface area contributed by atoms with Gasteiger partial charge in [0.15, 0.2) is 0 Å². The summed E-state index contributed by atoms with van der Waals surface area (Å²) in [6.07, 6.45) is 0. The number of hydrogen-bond acceptors (Lipinski definition) is 3. The largest absolute Gasteiger partial charge is 0.460 e. The molecule has 0 aromatic carbocycles. The fourth-order valence-corrected chi connectivity index (χ4v) is 0.463. The highest BCUT2D eigenvalue weighted by Gasteiger charge is 2.06. The highest BCUT2D eigenvalue weighted by atomic mass is 16.5. The Labute approximate surface area is 74.9 Å². The van der Waals surface area contributed by atoms with Gasteiger partial charge in [-0.1, -0.05) is 0 Å². The van der Waals surface area contributed by atoms with E-state index in [1.54, 1.807) is 0 Å². The molecule has 74 valence electrons. The van der Waals surface area contributed by atoms with Crippen LogP contribution in [0.25, 0.3) is 0 Å². The van der Waals surface area contributed by atoms with Gasteiger partial charge in [0.05, 0.1) is 21.1 Å². The number of quaternary nitrogens is 1. The molecule has 0 unspecified atom stereocenters. The topological polar surface area (TPSA) is 52.3 Å². The van der Waals surface area contributed by atoms with Crippen molar-refractivity contribution in [2.24, 2.45) is 5.73 Å². The Kier molecular flexibility index (Phi) is 8.21. The Morgan fingerprint density at radius 3 is 2.00 bits per heavy atom. The van der Waals surface area contributed by atoms with E-state index in [1.807, 2.05) is 0 Å². The van der Waals surface area contributed by atoms with Crippen molar-refractivity contribution in [1.29, 1.82) is 0 Å². The van der Waals surface area contributed by atoms with Crippen LogP contribution < -0.4 is 5.73 Å². The molecule has 0 rings (SSSR count). The predicted molar refractivity (Wildman–Crippen MR) is 49.6 cm³/mol. The van der Waals surface area contributed by atoms with Gasteiger partial charge in [0, 0.05) is 6.92 Å². The van der Waals surface area contributed by atoms with Crippen LogP contribution in [0.2, 0.25) is 0 Å². The molecule has 0 fully saturated rings. The quantitative estimate of drug-likeness (QED) is 0.481. The lowest BCUT2D eigenvalue weighted by Gasteiger charge is -2.23. The zero-order valence-corrected chi connectivity index (χ0v) is 8.76. The van der Waals surface area contributed by atoms with Crippen LogP contribution in [0.4, 0.5) is 0 Å². The van der Waals surface area contributed by atoms with Gasteiger partial charge in [0.1, 0.15) is 13.2 Å². The molecule has 0 amide bonds. The van der Waals surface area contributed by atoms with Gasteiger partial charge in [-0.3, -0.25) is 4.79 Å². The third kappa shape index (κ3) is 16.2. The molecular weight excluding hydrogens is 156 g/mol. The van der Waals surface area contributed by atoms with E-state index in [-0.39, 0.29) is 5.97 Å². The second kappa shape index (κ2) is 7.06. The number of likely N-dealkylation sites (N-methyl/N-ethyl adjacent to an activating group) is 1. The molecule has 0 atom stereocenters. The number of carbonyl (C=O) groups is 1. The van der Waals surface area contributed by atoms with Gasteiger partial charge in [-0.2, -0.15) is 0 Å². The first-order valence-electron chi connectivity index (χ1n) is 3.93. The average Bonchev–Trinajstić information content (AvgIpc) is 1.88. The number of ether oxygens (including phenoxy) is 1. The predicted octanol–water partition coefficient (Wildman–Crippen LogP) is -0.169. The number of carbonyl (C=O) groups excluding carboxylic acids is 1. The lowest BCUT2D eigenvalue weighted by atomic mass is 10.5. The molecule has 0 spiro atoms. The van der Waals surface area contributed by atoms with Crippen molar-refractivity contribution in [2.75, 3.05) is 41.3 Å². The molecule has 0 aromatic heterocycles. The fraction of sp³-hybridized carbons (Fsp3) is 0.875. The average molecular weight is 177 g/mol. The molecule has 0 aliphatic heterocycles. The Bertz CT molecular complexity index is 119. The van der Waals surface area contributed by atoms with Gasteiger partial charge < -0.3 is 15.0 Å². The standard InChI is InChI=1S/C7H16NO2.CH5N/c1-7(9)10-6-5-8(2,3)4;1-2/h5-6H2,1-4H3;2H2,1H3/q+1;. The van der Waals surface area contributed by atoms with E-state index in [0.717, 1.165) is 11.0 Å². The van der Waals surface area contributed by atoms with Crippen LogP contribution in [0.3, 0.4) is 0 Å². The maximum Gasteiger partial charge on any atom is 0.302 e. The summed E-state index contributed by atoms with van der Waals surface area (Å²) < 4.78 is 5.59. The van der Waals surface area contributed by atoms with Crippen LogP contribution in [-0.4, -0.2) is 51.8 Å². The number of rotatable bonds is 3. The Morgan fingerprint density at radius 2 is 1.75 bits per heavy atom. The summed E-state index contributed by atoms with van der Waals surface area (Å²) in [6, 6.07) is 0. The number of hydrogen-bond donors (Lipinski definition) is 1. The van der Waals surface area contributed by atoms with E-state index in [9.17, 15) is 4.79 Å². The lowest BCUT2D eigenvalue weighted by molar-refractivity contribution is -0.870. The van der Waals surface area contributed by atoms with Gasteiger partial charge in [-0.05, 0) is 7.05 Å². The minimum atomic E-state index is -0.201. The molecule has 0 aliphatic rings. The summed E-state index contributed by atoms with van der Waals surface area (Å²) in [5, 5.41) is 0. The van der Waals surface area contributed by atoms with Gasteiger partial charge >= 0.3 is 5.97 Å². The smallest absolute Gasteiger partial charge is 0.302 e. The molecule has 4 nitrogen and oxygen atoms in total. The highest BCUT2D eigenvalue weighted by molar-refractivity contribution is 5.65.